The zero-order valence-electron chi connectivity index (χ0n) is 9.70. The van der Waals surface area contributed by atoms with Gasteiger partial charge in [-0.05, 0) is 26.2 Å². The number of carbonyl (C=O) groups is 1. The molecule has 1 aliphatic heterocycles. The van der Waals surface area contributed by atoms with E-state index in [1.165, 1.54) is 19.3 Å². The van der Waals surface area contributed by atoms with Crippen LogP contribution in [-0.4, -0.2) is 22.7 Å². The third-order valence-corrected chi connectivity index (χ3v) is 3.62. The highest BCUT2D eigenvalue weighted by Crippen LogP contribution is 2.28. The summed E-state index contributed by atoms with van der Waals surface area (Å²) in [4.78, 5) is 12.1. The topological polar surface area (TPSA) is 32.7 Å². The average molecular weight is 208 g/mol. The molecule has 0 radical (unpaired) electrons. The third-order valence-electron chi connectivity index (χ3n) is 3.62. The summed E-state index contributed by atoms with van der Waals surface area (Å²) in [6.45, 7) is 4.04. The molecule has 84 valence electrons. The van der Waals surface area contributed by atoms with E-state index in [9.17, 15) is 4.79 Å². The minimum atomic E-state index is 0.0620. The zero-order valence-corrected chi connectivity index (χ0v) is 9.70. The molecule has 1 saturated carbocycles. The van der Waals surface area contributed by atoms with Crippen molar-refractivity contribution in [1.82, 2.24) is 5.01 Å². The fourth-order valence-corrected chi connectivity index (χ4v) is 2.68. The second-order valence-corrected chi connectivity index (χ2v) is 4.68. The molecule has 2 aliphatic rings. The average Bonchev–Trinajstić information content (AvgIpc) is 2.55. The number of amides is 1. The molecule has 1 atom stereocenters. The molecule has 15 heavy (non-hydrogen) atoms. The molecule has 0 aromatic heterocycles. The smallest absolute Gasteiger partial charge is 0.251 e. The van der Waals surface area contributed by atoms with Gasteiger partial charge in [-0.2, -0.15) is 5.10 Å². The van der Waals surface area contributed by atoms with Gasteiger partial charge < -0.3 is 0 Å². The van der Waals surface area contributed by atoms with Crippen molar-refractivity contribution in [1.29, 1.82) is 0 Å². The highest BCUT2D eigenvalue weighted by Gasteiger charge is 2.36. The Morgan fingerprint density at radius 3 is 2.53 bits per heavy atom. The molecule has 0 saturated heterocycles. The lowest BCUT2D eigenvalue weighted by atomic mass is 9.94. The van der Waals surface area contributed by atoms with Crippen molar-refractivity contribution in [2.45, 2.75) is 58.4 Å². The van der Waals surface area contributed by atoms with Crippen molar-refractivity contribution in [3.8, 4) is 0 Å². The lowest BCUT2D eigenvalue weighted by Crippen LogP contribution is -2.37. The Morgan fingerprint density at radius 1 is 1.33 bits per heavy atom. The molecular weight excluding hydrogens is 188 g/mol. The summed E-state index contributed by atoms with van der Waals surface area (Å²) in [6.07, 6.45) is 6.98. The van der Waals surface area contributed by atoms with Crippen LogP contribution >= 0.6 is 0 Å². The van der Waals surface area contributed by atoms with Crippen molar-refractivity contribution >= 4 is 11.6 Å². The summed E-state index contributed by atoms with van der Waals surface area (Å²) >= 11 is 0. The Kier molecular flexibility index (Phi) is 3.08. The van der Waals surface area contributed by atoms with Crippen LogP contribution in [0, 0.1) is 5.92 Å². The maximum Gasteiger partial charge on any atom is 0.251 e. The van der Waals surface area contributed by atoms with E-state index < -0.39 is 0 Å². The van der Waals surface area contributed by atoms with E-state index in [2.05, 4.69) is 12.0 Å². The Morgan fingerprint density at radius 2 is 2.00 bits per heavy atom. The predicted molar refractivity (Wildman–Crippen MR) is 60.6 cm³/mol. The highest BCUT2D eigenvalue weighted by atomic mass is 16.2. The van der Waals surface area contributed by atoms with Crippen LogP contribution in [0.4, 0.5) is 0 Å². The molecule has 1 aliphatic carbocycles. The quantitative estimate of drug-likeness (QED) is 0.686. The van der Waals surface area contributed by atoms with E-state index in [1.54, 1.807) is 5.01 Å². The first-order chi connectivity index (χ1) is 7.24. The van der Waals surface area contributed by atoms with Crippen molar-refractivity contribution in [3.63, 3.8) is 0 Å². The molecule has 0 spiro atoms. The molecule has 1 fully saturated rings. The van der Waals surface area contributed by atoms with E-state index in [-0.39, 0.29) is 11.8 Å². The van der Waals surface area contributed by atoms with Crippen LogP contribution in [0.3, 0.4) is 0 Å². The Bertz CT molecular complexity index is 279. The molecule has 0 aromatic carbocycles. The van der Waals surface area contributed by atoms with E-state index >= 15 is 0 Å². The number of hydrogen-bond donors (Lipinski definition) is 0. The van der Waals surface area contributed by atoms with Gasteiger partial charge in [-0.1, -0.05) is 26.2 Å². The first-order valence-corrected chi connectivity index (χ1v) is 6.12. The van der Waals surface area contributed by atoms with Crippen LogP contribution in [0.2, 0.25) is 0 Å². The maximum absolute atomic E-state index is 12.1. The number of nitrogens with zero attached hydrogens (tertiary/aromatic N) is 2. The van der Waals surface area contributed by atoms with Gasteiger partial charge in [0.2, 0.25) is 0 Å². The molecule has 1 unspecified atom stereocenters. The zero-order chi connectivity index (χ0) is 10.8. The van der Waals surface area contributed by atoms with Crippen molar-refractivity contribution in [2.24, 2.45) is 11.0 Å². The van der Waals surface area contributed by atoms with Crippen LogP contribution < -0.4 is 0 Å². The van der Waals surface area contributed by atoms with Gasteiger partial charge >= 0.3 is 0 Å². The van der Waals surface area contributed by atoms with Gasteiger partial charge in [0, 0.05) is 5.71 Å². The second kappa shape index (κ2) is 4.33. The summed E-state index contributed by atoms with van der Waals surface area (Å²) < 4.78 is 0. The third kappa shape index (κ3) is 1.92. The van der Waals surface area contributed by atoms with Crippen molar-refractivity contribution in [2.75, 3.05) is 0 Å². The van der Waals surface area contributed by atoms with E-state index in [0.29, 0.717) is 6.04 Å². The van der Waals surface area contributed by atoms with E-state index in [1.807, 2.05) is 6.92 Å². The van der Waals surface area contributed by atoms with Gasteiger partial charge in [-0.15, -0.1) is 0 Å². The number of hydrazone groups is 1. The van der Waals surface area contributed by atoms with Crippen LogP contribution in [0.1, 0.15) is 52.4 Å². The molecular formula is C12H20N2O. The largest absolute Gasteiger partial charge is 0.272 e. The van der Waals surface area contributed by atoms with Gasteiger partial charge in [0.05, 0.1) is 12.0 Å². The molecule has 0 bridgehead atoms. The molecule has 0 aromatic rings. The van der Waals surface area contributed by atoms with Crippen LogP contribution in [-0.2, 0) is 4.79 Å². The van der Waals surface area contributed by atoms with Crippen molar-refractivity contribution < 1.29 is 4.79 Å². The SMILES string of the molecule is CCC1C(=O)N(C2CCCCC2)N=C1C. The van der Waals surface area contributed by atoms with Gasteiger partial charge in [-0.3, -0.25) is 4.79 Å². The Labute approximate surface area is 91.5 Å². The number of hydrogen-bond acceptors (Lipinski definition) is 2. The summed E-state index contributed by atoms with van der Waals surface area (Å²) in [5, 5.41) is 6.23. The minimum Gasteiger partial charge on any atom is -0.272 e. The molecule has 0 N–H and O–H groups in total. The van der Waals surface area contributed by atoms with Gasteiger partial charge in [0.25, 0.3) is 5.91 Å². The van der Waals surface area contributed by atoms with Crippen LogP contribution in [0.5, 0.6) is 0 Å². The second-order valence-electron chi connectivity index (χ2n) is 4.68. The fourth-order valence-electron chi connectivity index (χ4n) is 2.68. The lowest BCUT2D eigenvalue weighted by molar-refractivity contribution is -0.134. The maximum atomic E-state index is 12.1. The number of carbonyl (C=O) groups excluding carboxylic acids is 1. The summed E-state index contributed by atoms with van der Waals surface area (Å²) in [6, 6.07) is 0.387. The summed E-state index contributed by atoms with van der Waals surface area (Å²) in [5.41, 5.74) is 1.01. The van der Waals surface area contributed by atoms with E-state index in [0.717, 1.165) is 25.0 Å². The monoisotopic (exact) mass is 208 g/mol. The van der Waals surface area contributed by atoms with Gasteiger partial charge in [-0.25, -0.2) is 5.01 Å². The summed E-state index contributed by atoms with van der Waals surface area (Å²) in [7, 11) is 0. The van der Waals surface area contributed by atoms with E-state index in [4.69, 9.17) is 0 Å². The van der Waals surface area contributed by atoms with Gasteiger partial charge in [0.1, 0.15) is 0 Å². The first kappa shape index (κ1) is 10.7. The Hall–Kier alpha value is -0.860. The van der Waals surface area contributed by atoms with Crippen LogP contribution in [0.15, 0.2) is 5.10 Å². The molecule has 3 nitrogen and oxygen atoms in total. The lowest BCUT2D eigenvalue weighted by Gasteiger charge is -2.28. The first-order valence-electron chi connectivity index (χ1n) is 6.12. The normalized spacial score (nSPS) is 28.4. The number of rotatable bonds is 2. The molecule has 1 amide bonds. The standard InChI is InChI=1S/C12H20N2O/c1-3-11-9(2)13-14(12(11)15)10-7-5-4-6-8-10/h10-11H,3-8H2,1-2H3. The van der Waals surface area contributed by atoms with Crippen LogP contribution in [0.25, 0.3) is 0 Å². The van der Waals surface area contributed by atoms with Crippen molar-refractivity contribution in [3.05, 3.63) is 0 Å². The van der Waals surface area contributed by atoms with Gasteiger partial charge in [0.15, 0.2) is 0 Å². The fraction of sp³-hybridized carbons (Fsp3) is 0.833. The molecule has 3 heteroatoms. The summed E-state index contributed by atoms with van der Waals surface area (Å²) in [5.74, 6) is 0.300. The Balaban J connectivity index is 2.07. The highest BCUT2D eigenvalue weighted by molar-refractivity contribution is 6.06. The predicted octanol–water partition coefficient (Wildman–Crippen LogP) is 2.56. The molecule has 1 heterocycles. The molecule has 2 rings (SSSR count). The minimum absolute atomic E-state index is 0.0620.